The van der Waals surface area contributed by atoms with Crippen molar-refractivity contribution in [3.63, 3.8) is 0 Å². The molecule has 0 bridgehead atoms. The first-order chi connectivity index (χ1) is 16.4. The number of benzene rings is 2. The molecule has 0 spiro atoms. The number of anilines is 1. The molecule has 2 aromatic carbocycles. The summed E-state index contributed by atoms with van der Waals surface area (Å²) in [6, 6.07) is 10.5. The Morgan fingerprint density at radius 1 is 1.11 bits per heavy atom. The lowest BCUT2D eigenvalue weighted by Gasteiger charge is -2.32. The molecule has 0 aromatic heterocycles. The van der Waals surface area contributed by atoms with Crippen LogP contribution < -0.4 is 14.4 Å². The molecule has 0 saturated carbocycles. The van der Waals surface area contributed by atoms with E-state index in [4.69, 9.17) is 27.9 Å². The van der Waals surface area contributed by atoms with Crippen LogP contribution in [0, 0.1) is 0 Å². The number of sulfonamides is 1. The zero-order chi connectivity index (χ0) is 26.3. The number of carbonyl (C=O) groups is 2. The van der Waals surface area contributed by atoms with E-state index < -0.39 is 28.5 Å². The molecule has 0 unspecified atom stereocenters. The van der Waals surface area contributed by atoms with Crippen molar-refractivity contribution >= 4 is 50.7 Å². The van der Waals surface area contributed by atoms with Crippen LogP contribution >= 0.6 is 23.2 Å². The molecule has 35 heavy (non-hydrogen) atoms. The summed E-state index contributed by atoms with van der Waals surface area (Å²) in [5.74, 6) is -0.719. The van der Waals surface area contributed by atoms with Gasteiger partial charge in [-0.3, -0.25) is 13.9 Å². The van der Waals surface area contributed by atoms with E-state index in [0.717, 1.165) is 10.6 Å². The first kappa shape index (κ1) is 28.7. The third-order valence-corrected chi connectivity index (χ3v) is 7.29. The van der Waals surface area contributed by atoms with Crippen LogP contribution in [0.4, 0.5) is 5.69 Å². The van der Waals surface area contributed by atoms with Crippen LogP contribution in [0.2, 0.25) is 10.0 Å². The summed E-state index contributed by atoms with van der Waals surface area (Å²) in [7, 11) is -2.54. The van der Waals surface area contributed by atoms with Gasteiger partial charge in [0.2, 0.25) is 21.8 Å². The van der Waals surface area contributed by atoms with Gasteiger partial charge < -0.3 is 15.0 Å². The highest BCUT2D eigenvalue weighted by Crippen LogP contribution is 2.33. The normalized spacial score (nSPS) is 13.0. The van der Waals surface area contributed by atoms with Gasteiger partial charge in [0.25, 0.3) is 0 Å². The molecular weight excluding hydrogens is 513 g/mol. The van der Waals surface area contributed by atoms with Gasteiger partial charge in [0.05, 0.1) is 19.1 Å². The zero-order valence-corrected chi connectivity index (χ0v) is 22.7. The zero-order valence-electron chi connectivity index (χ0n) is 20.4. The average molecular weight is 545 g/mol. The second-order valence-electron chi connectivity index (χ2n) is 8.19. The highest BCUT2D eigenvalue weighted by atomic mass is 35.5. The fourth-order valence-corrected chi connectivity index (χ4v) is 4.52. The Morgan fingerprint density at radius 2 is 1.77 bits per heavy atom. The van der Waals surface area contributed by atoms with E-state index in [0.29, 0.717) is 17.0 Å². The van der Waals surface area contributed by atoms with Crippen molar-refractivity contribution in [1.29, 1.82) is 0 Å². The topological polar surface area (TPSA) is 96.0 Å². The van der Waals surface area contributed by atoms with Gasteiger partial charge in [0.15, 0.2) is 0 Å². The van der Waals surface area contributed by atoms with Crippen molar-refractivity contribution in [3.05, 3.63) is 58.1 Å². The number of ether oxygens (including phenoxy) is 1. The van der Waals surface area contributed by atoms with Gasteiger partial charge in [0.1, 0.15) is 18.3 Å². The summed E-state index contributed by atoms with van der Waals surface area (Å²) < 4.78 is 31.7. The van der Waals surface area contributed by atoms with Crippen molar-refractivity contribution in [2.75, 3.05) is 24.2 Å². The average Bonchev–Trinajstić information content (AvgIpc) is 2.80. The van der Waals surface area contributed by atoms with Crippen molar-refractivity contribution < 1.29 is 22.7 Å². The summed E-state index contributed by atoms with van der Waals surface area (Å²) in [5.41, 5.74) is 0.738. The van der Waals surface area contributed by atoms with Gasteiger partial charge in [0, 0.05) is 22.6 Å². The Hall–Kier alpha value is -2.49. The third kappa shape index (κ3) is 7.75. The first-order valence-corrected chi connectivity index (χ1v) is 13.6. The van der Waals surface area contributed by atoms with E-state index in [1.165, 1.54) is 24.1 Å². The Labute approximate surface area is 217 Å². The number of amides is 2. The number of halogens is 2. The molecule has 192 valence electrons. The maximum absolute atomic E-state index is 13.6. The third-order valence-electron chi connectivity index (χ3n) is 5.56. The minimum Gasteiger partial charge on any atom is -0.495 e. The summed E-state index contributed by atoms with van der Waals surface area (Å²) in [4.78, 5) is 27.8. The molecule has 0 heterocycles. The van der Waals surface area contributed by atoms with Crippen LogP contribution in [0.15, 0.2) is 42.5 Å². The Morgan fingerprint density at radius 3 is 2.34 bits per heavy atom. The van der Waals surface area contributed by atoms with Gasteiger partial charge in [-0.1, -0.05) is 48.3 Å². The van der Waals surface area contributed by atoms with Crippen molar-refractivity contribution in [3.8, 4) is 5.75 Å². The molecule has 8 nitrogen and oxygen atoms in total. The largest absolute Gasteiger partial charge is 0.495 e. The highest BCUT2D eigenvalue weighted by Gasteiger charge is 2.31. The van der Waals surface area contributed by atoms with Crippen molar-refractivity contribution in [1.82, 2.24) is 10.2 Å². The van der Waals surface area contributed by atoms with Crippen LogP contribution in [0.5, 0.6) is 5.75 Å². The minimum atomic E-state index is -3.93. The second-order valence-corrected chi connectivity index (χ2v) is 10.9. The number of hydrogen-bond acceptors (Lipinski definition) is 5. The van der Waals surface area contributed by atoms with Crippen LogP contribution in [0.25, 0.3) is 0 Å². The SMILES string of the molecule is CC[C@@H](C)NC(=O)[C@@H](C)N(Cc1ccccc1Cl)C(=O)CN(c1cc(Cl)ccc1OC)S(C)(=O)=O. The minimum absolute atomic E-state index is 0.0118. The fraction of sp³-hybridized carbons (Fsp3) is 0.417. The molecule has 11 heteroatoms. The summed E-state index contributed by atoms with van der Waals surface area (Å²) >= 11 is 12.4. The summed E-state index contributed by atoms with van der Waals surface area (Å²) in [5, 5.41) is 3.57. The predicted molar refractivity (Wildman–Crippen MR) is 140 cm³/mol. The molecule has 2 aromatic rings. The quantitative estimate of drug-likeness (QED) is 0.460. The molecule has 0 saturated heterocycles. The number of carbonyl (C=O) groups excluding carboxylic acids is 2. The maximum atomic E-state index is 13.6. The first-order valence-electron chi connectivity index (χ1n) is 11.0. The molecule has 2 rings (SSSR count). The van der Waals surface area contributed by atoms with Crippen LogP contribution in [0.1, 0.15) is 32.8 Å². The number of rotatable bonds is 11. The molecule has 0 fully saturated rings. The number of nitrogens with one attached hydrogen (secondary N) is 1. The van der Waals surface area contributed by atoms with Gasteiger partial charge in [-0.2, -0.15) is 0 Å². The number of nitrogens with zero attached hydrogens (tertiary/aromatic N) is 2. The lowest BCUT2D eigenvalue weighted by Crippen LogP contribution is -2.52. The van der Waals surface area contributed by atoms with Crippen LogP contribution in [-0.4, -0.2) is 57.1 Å². The van der Waals surface area contributed by atoms with E-state index in [-0.39, 0.29) is 35.0 Å². The second kappa shape index (κ2) is 12.5. The lowest BCUT2D eigenvalue weighted by atomic mass is 10.1. The molecule has 2 amide bonds. The predicted octanol–water partition coefficient (Wildman–Crippen LogP) is 4.10. The smallest absolute Gasteiger partial charge is 0.244 e. The molecule has 0 aliphatic rings. The highest BCUT2D eigenvalue weighted by molar-refractivity contribution is 7.92. The van der Waals surface area contributed by atoms with Crippen LogP contribution in [0.3, 0.4) is 0 Å². The molecule has 0 aliphatic carbocycles. The van der Waals surface area contributed by atoms with Gasteiger partial charge in [-0.15, -0.1) is 0 Å². The van der Waals surface area contributed by atoms with Crippen molar-refractivity contribution in [2.24, 2.45) is 0 Å². The van der Waals surface area contributed by atoms with E-state index in [9.17, 15) is 18.0 Å². The summed E-state index contributed by atoms with van der Waals surface area (Å²) in [6.45, 7) is 4.84. The molecule has 1 N–H and O–H groups in total. The molecular formula is C24H31Cl2N3O5S. The van der Waals surface area contributed by atoms with Gasteiger partial charge >= 0.3 is 0 Å². The molecule has 0 aliphatic heterocycles. The monoisotopic (exact) mass is 543 g/mol. The van der Waals surface area contributed by atoms with Gasteiger partial charge in [-0.05, 0) is 50.1 Å². The Balaban J connectivity index is 2.47. The molecule has 2 atom stereocenters. The Bertz CT molecular complexity index is 1160. The number of methoxy groups -OCH3 is 1. The summed E-state index contributed by atoms with van der Waals surface area (Å²) in [6.07, 6.45) is 1.70. The van der Waals surface area contributed by atoms with Crippen molar-refractivity contribution in [2.45, 2.75) is 45.8 Å². The standard InChI is InChI=1S/C24H31Cl2N3O5S/c1-6-16(2)27-24(31)17(3)28(14-18-9-7-8-10-20(18)26)23(30)15-29(35(5,32)33)21-13-19(25)11-12-22(21)34-4/h7-13,16-17H,6,14-15H2,1-5H3,(H,27,31)/t16-,17-/m1/s1. The van der Waals surface area contributed by atoms with Crippen LogP contribution in [-0.2, 0) is 26.2 Å². The molecule has 0 radical (unpaired) electrons. The number of hydrogen-bond donors (Lipinski definition) is 1. The maximum Gasteiger partial charge on any atom is 0.244 e. The van der Waals surface area contributed by atoms with E-state index in [1.807, 2.05) is 13.8 Å². The van der Waals surface area contributed by atoms with Gasteiger partial charge in [-0.25, -0.2) is 8.42 Å². The van der Waals surface area contributed by atoms with E-state index in [1.54, 1.807) is 37.3 Å². The fourth-order valence-electron chi connectivity index (χ4n) is 3.31. The van der Waals surface area contributed by atoms with E-state index >= 15 is 0 Å². The lowest BCUT2D eigenvalue weighted by molar-refractivity contribution is -0.139. The van der Waals surface area contributed by atoms with E-state index in [2.05, 4.69) is 5.32 Å². The Kier molecular flexibility index (Phi) is 10.2.